The second-order valence-corrected chi connectivity index (χ2v) is 4.31. The van der Waals surface area contributed by atoms with Crippen LogP contribution < -0.4 is 5.32 Å². The van der Waals surface area contributed by atoms with Crippen LogP contribution in [-0.4, -0.2) is 4.98 Å². The highest BCUT2D eigenvalue weighted by Gasteiger charge is 1.93. The molecule has 2 aromatic rings. The van der Waals surface area contributed by atoms with Crippen LogP contribution in [0.15, 0.2) is 48.7 Å². The molecular weight excluding hydrogens is 299 g/mol. The maximum absolute atomic E-state index is 4.22. The number of hydrogen-bond donors (Lipinski definition) is 1. The minimum Gasteiger partial charge on any atom is -0.380 e. The summed E-state index contributed by atoms with van der Waals surface area (Å²) in [6.07, 6.45) is 1.85. The molecule has 1 aromatic carbocycles. The summed E-state index contributed by atoms with van der Waals surface area (Å²) in [5.74, 6) is 0. The first kappa shape index (κ1) is 10.4. The summed E-state index contributed by atoms with van der Waals surface area (Å²) in [6, 6.07) is 14.4. The van der Waals surface area contributed by atoms with E-state index in [-0.39, 0.29) is 0 Å². The van der Waals surface area contributed by atoms with Gasteiger partial charge in [-0.3, -0.25) is 0 Å². The predicted octanol–water partition coefficient (Wildman–Crippen LogP) is 3.30. The Bertz CT molecular complexity index is 411. The molecule has 0 spiro atoms. The summed E-state index contributed by atoms with van der Waals surface area (Å²) in [6.45, 7) is 0.836. The number of aromatic nitrogens is 1. The molecule has 0 aliphatic heterocycles. The van der Waals surface area contributed by atoms with E-state index >= 15 is 0 Å². The first-order valence-corrected chi connectivity index (χ1v) is 5.82. The van der Waals surface area contributed by atoms with Crippen molar-refractivity contribution in [2.45, 2.75) is 6.54 Å². The van der Waals surface area contributed by atoms with Gasteiger partial charge < -0.3 is 5.32 Å². The maximum Gasteiger partial charge on any atom is 0.101 e. The Morgan fingerprint density at radius 1 is 1.07 bits per heavy atom. The topological polar surface area (TPSA) is 24.9 Å². The Hall–Kier alpha value is -1.10. The Morgan fingerprint density at radius 3 is 2.53 bits per heavy atom. The third-order valence-corrected chi connectivity index (χ3v) is 2.70. The van der Waals surface area contributed by atoms with Crippen LogP contribution in [-0.2, 0) is 6.54 Å². The minimum absolute atomic E-state index is 0.836. The van der Waals surface area contributed by atoms with Crippen LogP contribution in [0.5, 0.6) is 0 Å². The molecule has 0 fully saturated rings. The third kappa shape index (κ3) is 3.20. The van der Waals surface area contributed by atoms with Crippen molar-refractivity contribution in [3.63, 3.8) is 0 Å². The van der Waals surface area contributed by atoms with Gasteiger partial charge in [-0.15, -0.1) is 0 Å². The minimum atomic E-state index is 0.836. The molecular formula is C12H11IN2. The van der Waals surface area contributed by atoms with E-state index in [0.29, 0.717) is 0 Å². The Labute approximate surface area is 103 Å². The summed E-state index contributed by atoms with van der Waals surface area (Å²) in [4.78, 5) is 4.22. The van der Waals surface area contributed by atoms with Gasteiger partial charge in [0.15, 0.2) is 0 Å². The maximum atomic E-state index is 4.22. The fraction of sp³-hybridized carbons (Fsp3) is 0.0833. The van der Waals surface area contributed by atoms with Gasteiger partial charge in [-0.1, -0.05) is 30.3 Å². The van der Waals surface area contributed by atoms with Crippen molar-refractivity contribution < 1.29 is 0 Å². The van der Waals surface area contributed by atoms with Gasteiger partial charge >= 0.3 is 0 Å². The molecule has 2 nitrogen and oxygen atoms in total. The molecule has 0 radical (unpaired) electrons. The molecule has 0 aliphatic rings. The van der Waals surface area contributed by atoms with Crippen molar-refractivity contribution in [3.8, 4) is 0 Å². The zero-order valence-corrected chi connectivity index (χ0v) is 10.3. The second-order valence-electron chi connectivity index (χ2n) is 3.21. The quantitative estimate of drug-likeness (QED) is 0.695. The molecule has 0 saturated heterocycles. The molecule has 0 amide bonds. The molecule has 0 atom stereocenters. The van der Waals surface area contributed by atoms with E-state index in [1.54, 1.807) is 0 Å². The van der Waals surface area contributed by atoms with E-state index in [4.69, 9.17) is 0 Å². The summed E-state index contributed by atoms with van der Waals surface area (Å²) in [5, 5.41) is 3.32. The van der Waals surface area contributed by atoms with Gasteiger partial charge in [0.25, 0.3) is 0 Å². The van der Waals surface area contributed by atoms with E-state index in [0.717, 1.165) is 15.9 Å². The molecule has 0 saturated carbocycles. The zero-order valence-electron chi connectivity index (χ0n) is 8.15. The second kappa shape index (κ2) is 5.11. The smallest absolute Gasteiger partial charge is 0.101 e. The molecule has 0 aliphatic carbocycles. The summed E-state index contributed by atoms with van der Waals surface area (Å²) < 4.78 is 1.01. The van der Waals surface area contributed by atoms with E-state index in [1.807, 2.05) is 36.5 Å². The van der Waals surface area contributed by atoms with Crippen LogP contribution in [0.2, 0.25) is 0 Å². The van der Waals surface area contributed by atoms with Gasteiger partial charge in [0.2, 0.25) is 0 Å². The predicted molar refractivity (Wildman–Crippen MR) is 70.7 cm³/mol. The van der Waals surface area contributed by atoms with Crippen LogP contribution in [0.4, 0.5) is 5.69 Å². The SMILES string of the molecule is Ic1ccc(NCc2ccccc2)cn1. The van der Waals surface area contributed by atoms with Crippen LogP contribution in [0.3, 0.4) is 0 Å². The van der Waals surface area contributed by atoms with Gasteiger partial charge in [0.05, 0.1) is 11.9 Å². The normalized spacial score (nSPS) is 9.93. The Kier molecular flexibility index (Phi) is 3.55. The zero-order chi connectivity index (χ0) is 10.5. The van der Waals surface area contributed by atoms with Crippen molar-refractivity contribution in [2.24, 2.45) is 0 Å². The monoisotopic (exact) mass is 310 g/mol. The fourth-order valence-electron chi connectivity index (χ4n) is 1.28. The average molecular weight is 310 g/mol. The Morgan fingerprint density at radius 2 is 1.87 bits per heavy atom. The number of nitrogens with zero attached hydrogens (tertiary/aromatic N) is 1. The fourth-order valence-corrected chi connectivity index (χ4v) is 1.60. The lowest BCUT2D eigenvalue weighted by Crippen LogP contribution is -1.99. The van der Waals surface area contributed by atoms with E-state index in [9.17, 15) is 0 Å². The number of nitrogens with one attached hydrogen (secondary N) is 1. The Balaban J connectivity index is 1.96. The van der Waals surface area contributed by atoms with Crippen LogP contribution >= 0.6 is 22.6 Å². The number of rotatable bonds is 3. The lowest BCUT2D eigenvalue weighted by Gasteiger charge is -2.05. The van der Waals surface area contributed by atoms with Gasteiger partial charge in [-0.2, -0.15) is 0 Å². The molecule has 1 aromatic heterocycles. The lowest BCUT2D eigenvalue weighted by molar-refractivity contribution is 1.13. The molecule has 76 valence electrons. The van der Waals surface area contributed by atoms with Crippen LogP contribution in [0.1, 0.15) is 5.56 Å². The first-order valence-electron chi connectivity index (χ1n) is 4.74. The molecule has 2 rings (SSSR count). The molecule has 1 N–H and O–H groups in total. The molecule has 1 heterocycles. The molecule has 0 unspecified atom stereocenters. The van der Waals surface area contributed by atoms with Crippen molar-refractivity contribution in [1.82, 2.24) is 4.98 Å². The highest BCUT2D eigenvalue weighted by Crippen LogP contribution is 2.09. The summed E-state index contributed by atoms with van der Waals surface area (Å²) in [5.41, 5.74) is 2.33. The molecule has 15 heavy (non-hydrogen) atoms. The number of anilines is 1. The van der Waals surface area contributed by atoms with E-state index in [2.05, 4.69) is 45.0 Å². The van der Waals surface area contributed by atoms with Gasteiger partial charge in [0.1, 0.15) is 3.70 Å². The van der Waals surface area contributed by atoms with Crippen molar-refractivity contribution >= 4 is 28.3 Å². The number of halogens is 1. The lowest BCUT2D eigenvalue weighted by atomic mass is 10.2. The molecule has 3 heteroatoms. The van der Waals surface area contributed by atoms with Crippen LogP contribution in [0, 0.1) is 3.70 Å². The largest absolute Gasteiger partial charge is 0.380 e. The average Bonchev–Trinajstić information content (AvgIpc) is 2.30. The van der Waals surface area contributed by atoms with Gasteiger partial charge in [0, 0.05) is 6.54 Å². The highest BCUT2D eigenvalue weighted by atomic mass is 127. The third-order valence-electron chi connectivity index (χ3n) is 2.07. The van der Waals surface area contributed by atoms with Crippen molar-refractivity contribution in [3.05, 3.63) is 57.9 Å². The van der Waals surface area contributed by atoms with Gasteiger partial charge in [-0.25, -0.2) is 4.98 Å². The number of hydrogen-bond acceptors (Lipinski definition) is 2. The highest BCUT2D eigenvalue weighted by molar-refractivity contribution is 14.1. The van der Waals surface area contributed by atoms with Crippen molar-refractivity contribution in [1.29, 1.82) is 0 Å². The van der Waals surface area contributed by atoms with E-state index < -0.39 is 0 Å². The number of pyridine rings is 1. The number of benzene rings is 1. The van der Waals surface area contributed by atoms with Crippen molar-refractivity contribution in [2.75, 3.05) is 5.32 Å². The van der Waals surface area contributed by atoms with E-state index in [1.165, 1.54) is 5.56 Å². The molecule has 0 bridgehead atoms. The van der Waals surface area contributed by atoms with Gasteiger partial charge in [-0.05, 0) is 40.3 Å². The summed E-state index contributed by atoms with van der Waals surface area (Å²) in [7, 11) is 0. The summed E-state index contributed by atoms with van der Waals surface area (Å²) >= 11 is 2.20. The standard InChI is InChI=1S/C12H11IN2/c13-12-7-6-11(9-15-12)14-8-10-4-2-1-3-5-10/h1-7,9,14H,8H2. The van der Waals surface area contributed by atoms with Crippen LogP contribution in [0.25, 0.3) is 0 Å². The first-order chi connectivity index (χ1) is 7.34.